The number of likely N-dealkylation sites (N-methyl/N-ethyl adjacent to an activating group) is 1. The molecule has 102 valence electrons. The summed E-state index contributed by atoms with van der Waals surface area (Å²) < 4.78 is 5.59. The molecule has 0 aliphatic carbocycles. The van der Waals surface area contributed by atoms with Crippen LogP contribution in [0.1, 0.15) is 19.4 Å². The largest absolute Gasteiger partial charge is 0.491 e. The second-order valence-corrected chi connectivity index (χ2v) is 4.95. The molecule has 1 aromatic rings. The lowest BCUT2D eigenvalue weighted by atomic mass is 10.2. The molecule has 0 aromatic heterocycles. The Kier molecular flexibility index (Phi) is 6.12. The molecular weight excluding hydrogens is 228 g/mol. The molecule has 1 unspecified atom stereocenters. The van der Waals surface area contributed by atoms with Crippen LogP contribution in [0, 0.1) is 0 Å². The maximum Gasteiger partial charge on any atom is 0.119 e. The first-order valence-corrected chi connectivity index (χ1v) is 6.32. The van der Waals surface area contributed by atoms with Crippen molar-refractivity contribution in [1.29, 1.82) is 0 Å². The van der Waals surface area contributed by atoms with Crippen molar-refractivity contribution in [3.8, 4) is 5.75 Å². The highest BCUT2D eigenvalue weighted by Gasteiger charge is 2.06. The van der Waals surface area contributed by atoms with E-state index in [2.05, 4.69) is 17.0 Å². The molecule has 0 aliphatic rings. The minimum atomic E-state index is -0.182. The Balaban J connectivity index is 2.47. The molecule has 0 saturated carbocycles. The van der Waals surface area contributed by atoms with Crippen LogP contribution in [0.4, 0.5) is 0 Å². The van der Waals surface area contributed by atoms with Gasteiger partial charge >= 0.3 is 0 Å². The van der Waals surface area contributed by atoms with Gasteiger partial charge in [0.05, 0.1) is 12.7 Å². The van der Waals surface area contributed by atoms with Gasteiger partial charge in [0, 0.05) is 19.1 Å². The van der Waals surface area contributed by atoms with Crippen molar-refractivity contribution in [1.82, 2.24) is 4.90 Å². The van der Waals surface area contributed by atoms with Gasteiger partial charge in [0.15, 0.2) is 0 Å². The summed E-state index contributed by atoms with van der Waals surface area (Å²) in [6, 6.07) is 7.89. The Morgan fingerprint density at radius 3 is 2.39 bits per heavy atom. The number of benzene rings is 1. The molecule has 1 atom stereocenters. The first-order chi connectivity index (χ1) is 8.51. The number of hydrogen-bond donors (Lipinski definition) is 2. The van der Waals surface area contributed by atoms with Gasteiger partial charge in [-0.1, -0.05) is 12.1 Å². The van der Waals surface area contributed by atoms with Gasteiger partial charge < -0.3 is 20.5 Å². The highest BCUT2D eigenvalue weighted by molar-refractivity contribution is 5.27. The molecule has 0 saturated heterocycles. The summed E-state index contributed by atoms with van der Waals surface area (Å²) in [4.78, 5) is 2.10. The Hall–Kier alpha value is -1.10. The van der Waals surface area contributed by atoms with Crippen molar-refractivity contribution in [3.63, 3.8) is 0 Å². The average molecular weight is 252 g/mol. The second-order valence-electron chi connectivity index (χ2n) is 4.95. The third kappa shape index (κ3) is 5.49. The highest BCUT2D eigenvalue weighted by atomic mass is 16.5. The van der Waals surface area contributed by atoms with Crippen LogP contribution in [0.5, 0.6) is 5.75 Å². The van der Waals surface area contributed by atoms with Crippen molar-refractivity contribution < 1.29 is 9.84 Å². The van der Waals surface area contributed by atoms with Crippen LogP contribution in [-0.4, -0.2) is 42.4 Å². The summed E-state index contributed by atoms with van der Waals surface area (Å²) in [5.74, 6) is 0.892. The number of aliphatic hydroxyl groups is 1. The van der Waals surface area contributed by atoms with Gasteiger partial charge in [-0.2, -0.15) is 0 Å². The lowest BCUT2D eigenvalue weighted by Crippen LogP contribution is -2.37. The second kappa shape index (κ2) is 7.36. The summed E-state index contributed by atoms with van der Waals surface area (Å²) in [5, 5.41) is 8.90. The topological polar surface area (TPSA) is 58.7 Å². The van der Waals surface area contributed by atoms with Gasteiger partial charge in [0.25, 0.3) is 0 Å². The van der Waals surface area contributed by atoms with E-state index in [4.69, 9.17) is 15.6 Å². The van der Waals surface area contributed by atoms with Gasteiger partial charge in [0.2, 0.25) is 0 Å². The molecule has 0 bridgehead atoms. The Morgan fingerprint density at radius 1 is 1.28 bits per heavy atom. The number of nitrogens with zero attached hydrogens (tertiary/aromatic N) is 1. The zero-order valence-electron chi connectivity index (χ0n) is 11.5. The quantitative estimate of drug-likeness (QED) is 0.766. The fraction of sp³-hybridized carbons (Fsp3) is 0.571. The summed E-state index contributed by atoms with van der Waals surface area (Å²) in [7, 11) is 1.99. The van der Waals surface area contributed by atoms with E-state index in [0.717, 1.165) is 12.3 Å². The van der Waals surface area contributed by atoms with Crippen molar-refractivity contribution >= 4 is 0 Å². The Bertz CT molecular complexity index is 338. The van der Waals surface area contributed by atoms with E-state index in [1.165, 1.54) is 5.56 Å². The van der Waals surface area contributed by atoms with Gasteiger partial charge in [0.1, 0.15) is 5.75 Å². The standard InChI is InChI=1S/C14H24N2O2/c1-11(2)18-14-6-4-12(5-7-14)8-16(3)9-13(15)10-17/h4-7,11,13,17H,8-10,15H2,1-3H3. The number of ether oxygens (including phenoxy) is 1. The van der Waals surface area contributed by atoms with E-state index in [-0.39, 0.29) is 18.8 Å². The predicted molar refractivity (Wildman–Crippen MR) is 73.6 cm³/mol. The molecule has 1 rings (SSSR count). The SMILES string of the molecule is CC(C)Oc1ccc(CN(C)CC(N)CO)cc1. The third-order valence-electron chi connectivity index (χ3n) is 2.53. The first kappa shape index (κ1) is 15.0. The number of hydrogen-bond acceptors (Lipinski definition) is 4. The summed E-state index contributed by atoms with van der Waals surface area (Å²) in [5.41, 5.74) is 6.90. The first-order valence-electron chi connectivity index (χ1n) is 6.32. The molecule has 0 aliphatic heterocycles. The summed E-state index contributed by atoms with van der Waals surface area (Å²) >= 11 is 0. The molecule has 0 amide bonds. The van der Waals surface area contributed by atoms with Crippen molar-refractivity contribution in [2.24, 2.45) is 5.73 Å². The van der Waals surface area contributed by atoms with Crippen LogP contribution < -0.4 is 10.5 Å². The van der Waals surface area contributed by atoms with Crippen LogP contribution >= 0.6 is 0 Å². The minimum absolute atomic E-state index is 0.0194. The zero-order chi connectivity index (χ0) is 13.5. The lowest BCUT2D eigenvalue weighted by molar-refractivity contribution is 0.218. The van der Waals surface area contributed by atoms with E-state index >= 15 is 0 Å². The van der Waals surface area contributed by atoms with Crippen molar-refractivity contribution in [2.75, 3.05) is 20.2 Å². The summed E-state index contributed by atoms with van der Waals surface area (Å²) in [6.45, 7) is 5.54. The van der Waals surface area contributed by atoms with Gasteiger partial charge in [-0.25, -0.2) is 0 Å². The fourth-order valence-corrected chi connectivity index (χ4v) is 1.78. The average Bonchev–Trinajstić information content (AvgIpc) is 2.30. The smallest absolute Gasteiger partial charge is 0.119 e. The minimum Gasteiger partial charge on any atom is -0.491 e. The molecule has 0 fully saturated rings. The number of rotatable bonds is 7. The summed E-state index contributed by atoms with van der Waals surface area (Å²) in [6.07, 6.45) is 0.195. The van der Waals surface area contributed by atoms with Crippen molar-refractivity contribution in [2.45, 2.75) is 32.5 Å². The van der Waals surface area contributed by atoms with E-state index in [1.807, 2.05) is 33.0 Å². The van der Waals surface area contributed by atoms with Gasteiger partial charge in [-0.05, 0) is 38.6 Å². The van der Waals surface area contributed by atoms with E-state index in [0.29, 0.717) is 6.54 Å². The maximum atomic E-state index is 8.90. The molecular formula is C14H24N2O2. The normalized spacial score (nSPS) is 13.1. The van der Waals surface area contributed by atoms with Crippen molar-refractivity contribution in [3.05, 3.63) is 29.8 Å². The Labute approximate surface area is 109 Å². The Morgan fingerprint density at radius 2 is 1.89 bits per heavy atom. The van der Waals surface area contributed by atoms with Gasteiger partial charge in [-0.3, -0.25) is 0 Å². The monoisotopic (exact) mass is 252 g/mol. The van der Waals surface area contributed by atoms with E-state index in [9.17, 15) is 0 Å². The third-order valence-corrected chi connectivity index (χ3v) is 2.53. The molecule has 1 aromatic carbocycles. The van der Waals surface area contributed by atoms with E-state index < -0.39 is 0 Å². The molecule has 0 radical (unpaired) electrons. The maximum absolute atomic E-state index is 8.90. The van der Waals surface area contributed by atoms with Crippen LogP contribution in [0.25, 0.3) is 0 Å². The fourth-order valence-electron chi connectivity index (χ4n) is 1.78. The molecule has 0 spiro atoms. The molecule has 0 heterocycles. The van der Waals surface area contributed by atoms with E-state index in [1.54, 1.807) is 0 Å². The van der Waals surface area contributed by atoms with Crippen LogP contribution in [-0.2, 0) is 6.54 Å². The van der Waals surface area contributed by atoms with Crippen LogP contribution in [0.3, 0.4) is 0 Å². The molecule has 3 N–H and O–H groups in total. The van der Waals surface area contributed by atoms with Gasteiger partial charge in [-0.15, -0.1) is 0 Å². The predicted octanol–water partition coefficient (Wildman–Crippen LogP) is 1.23. The molecule has 4 heteroatoms. The number of nitrogens with two attached hydrogens (primary N) is 1. The lowest BCUT2D eigenvalue weighted by Gasteiger charge is -2.20. The van der Waals surface area contributed by atoms with Crippen LogP contribution in [0.2, 0.25) is 0 Å². The zero-order valence-corrected chi connectivity index (χ0v) is 11.5. The molecule has 18 heavy (non-hydrogen) atoms. The highest BCUT2D eigenvalue weighted by Crippen LogP contribution is 2.14. The van der Waals surface area contributed by atoms with Crippen LogP contribution in [0.15, 0.2) is 24.3 Å². The number of aliphatic hydroxyl groups excluding tert-OH is 1. The molecule has 4 nitrogen and oxygen atoms in total.